The van der Waals surface area contributed by atoms with E-state index in [0.29, 0.717) is 29.9 Å². The molecule has 2 aromatic carbocycles. The number of rotatable bonds is 7. The molecule has 1 saturated heterocycles. The average Bonchev–Trinajstić information content (AvgIpc) is 3.17. The van der Waals surface area contributed by atoms with E-state index in [1.165, 1.54) is 18.7 Å². The fraction of sp³-hybridized carbons (Fsp3) is 0.417. The molecular weight excluding hydrogens is 397 g/mol. The number of carbonyl (C=O) groups is 1. The van der Waals surface area contributed by atoms with Crippen LogP contribution in [0.2, 0.25) is 0 Å². The lowest BCUT2D eigenvalue weighted by molar-refractivity contribution is 0.0535. The van der Waals surface area contributed by atoms with Crippen LogP contribution in [0.3, 0.4) is 0 Å². The molecule has 6 nitrogen and oxygen atoms in total. The average molecular weight is 423 g/mol. The normalized spacial score (nSPS) is 16.6. The molecule has 4 rings (SSSR count). The molecule has 0 amide bonds. The van der Waals surface area contributed by atoms with Gasteiger partial charge in [0.2, 0.25) is 0 Å². The minimum atomic E-state index is -0.350. The maximum Gasteiger partial charge on any atom is 0.338 e. The highest BCUT2D eigenvalue weighted by Crippen LogP contribution is 2.23. The van der Waals surface area contributed by atoms with Gasteiger partial charge < -0.3 is 19.3 Å². The highest BCUT2D eigenvalue weighted by molar-refractivity contribution is 5.93. The fourth-order valence-corrected chi connectivity index (χ4v) is 4.19. The standard InChI is InChI=1S/C24H26FN3O3/c1-30-23-14-18(22(25)13-19(23)15-26)5-7-28-10-8-27(9-11-28)6-4-17-2-3-21-20(12-17)16-31-24(21)29/h2-3,12-14H,4-11,16H2,1H3. The molecule has 0 radical (unpaired) electrons. The zero-order chi connectivity index (χ0) is 21.8. The third-order valence-corrected chi connectivity index (χ3v) is 6.12. The number of hydrogen-bond donors (Lipinski definition) is 0. The van der Waals surface area contributed by atoms with Crippen LogP contribution >= 0.6 is 0 Å². The molecule has 0 unspecified atom stereocenters. The summed E-state index contributed by atoms with van der Waals surface area (Å²) in [5.74, 6) is -0.152. The predicted molar refractivity (Wildman–Crippen MR) is 114 cm³/mol. The fourth-order valence-electron chi connectivity index (χ4n) is 4.19. The van der Waals surface area contributed by atoms with Gasteiger partial charge in [0.1, 0.15) is 24.2 Å². The molecule has 7 heteroatoms. The van der Waals surface area contributed by atoms with Crippen molar-refractivity contribution in [3.63, 3.8) is 0 Å². The molecule has 1 fully saturated rings. The Labute approximate surface area is 181 Å². The highest BCUT2D eigenvalue weighted by atomic mass is 19.1. The van der Waals surface area contributed by atoms with Gasteiger partial charge in [-0.15, -0.1) is 0 Å². The van der Waals surface area contributed by atoms with Crippen LogP contribution in [0, 0.1) is 17.1 Å². The van der Waals surface area contributed by atoms with Crippen molar-refractivity contribution in [2.24, 2.45) is 0 Å². The Hall–Kier alpha value is -2.95. The summed E-state index contributed by atoms with van der Waals surface area (Å²) >= 11 is 0. The second kappa shape index (κ2) is 9.46. The van der Waals surface area contributed by atoms with E-state index in [1.807, 2.05) is 18.2 Å². The summed E-state index contributed by atoms with van der Waals surface area (Å²) in [4.78, 5) is 16.3. The molecule has 0 spiro atoms. The van der Waals surface area contributed by atoms with Crippen LogP contribution in [0.5, 0.6) is 5.75 Å². The molecule has 31 heavy (non-hydrogen) atoms. The Morgan fingerprint density at radius 1 is 1.10 bits per heavy atom. The number of cyclic esters (lactones) is 1. The van der Waals surface area contributed by atoms with Crippen molar-refractivity contribution in [3.8, 4) is 11.8 Å². The first-order valence-electron chi connectivity index (χ1n) is 10.6. The molecule has 0 atom stereocenters. The van der Waals surface area contributed by atoms with E-state index in [2.05, 4.69) is 15.9 Å². The van der Waals surface area contributed by atoms with Crippen molar-refractivity contribution in [1.82, 2.24) is 9.80 Å². The van der Waals surface area contributed by atoms with Crippen LogP contribution in [0.25, 0.3) is 0 Å². The first-order chi connectivity index (χ1) is 15.1. The maximum absolute atomic E-state index is 14.3. The third kappa shape index (κ3) is 4.87. The van der Waals surface area contributed by atoms with Crippen molar-refractivity contribution in [2.45, 2.75) is 19.4 Å². The van der Waals surface area contributed by atoms with E-state index >= 15 is 0 Å². The Kier molecular flexibility index (Phi) is 6.50. The Morgan fingerprint density at radius 2 is 1.81 bits per heavy atom. The summed E-state index contributed by atoms with van der Waals surface area (Å²) in [6.45, 7) is 5.98. The highest BCUT2D eigenvalue weighted by Gasteiger charge is 2.21. The molecule has 2 aliphatic heterocycles. The minimum Gasteiger partial charge on any atom is -0.495 e. The van der Waals surface area contributed by atoms with E-state index in [0.717, 1.165) is 51.3 Å². The molecule has 2 aromatic rings. The van der Waals surface area contributed by atoms with E-state index in [9.17, 15) is 9.18 Å². The summed E-state index contributed by atoms with van der Waals surface area (Å²) in [7, 11) is 1.49. The van der Waals surface area contributed by atoms with Gasteiger partial charge in [0.05, 0.1) is 18.2 Å². The number of benzene rings is 2. The number of methoxy groups -OCH3 is 1. The van der Waals surface area contributed by atoms with Crippen LogP contribution in [-0.2, 0) is 24.2 Å². The zero-order valence-corrected chi connectivity index (χ0v) is 17.7. The monoisotopic (exact) mass is 423 g/mol. The minimum absolute atomic E-state index is 0.222. The van der Waals surface area contributed by atoms with Crippen molar-refractivity contribution in [1.29, 1.82) is 5.26 Å². The molecule has 0 aliphatic carbocycles. The summed E-state index contributed by atoms with van der Waals surface area (Å²) < 4.78 is 24.5. The van der Waals surface area contributed by atoms with Gasteiger partial charge in [0, 0.05) is 44.8 Å². The topological polar surface area (TPSA) is 65.8 Å². The number of fused-ring (bicyclic) bond motifs is 1. The maximum atomic E-state index is 14.3. The van der Waals surface area contributed by atoms with Gasteiger partial charge in [0.15, 0.2) is 0 Å². The predicted octanol–water partition coefficient (Wildman–Crippen LogP) is 2.78. The number of nitriles is 1. The molecule has 0 saturated carbocycles. The largest absolute Gasteiger partial charge is 0.495 e. The number of halogens is 1. The van der Waals surface area contributed by atoms with Crippen molar-refractivity contribution < 1.29 is 18.7 Å². The number of nitrogens with zero attached hydrogens (tertiary/aromatic N) is 3. The van der Waals surface area contributed by atoms with Crippen molar-refractivity contribution in [3.05, 3.63) is 64.0 Å². The molecule has 2 aliphatic rings. The van der Waals surface area contributed by atoms with Crippen LogP contribution in [0.15, 0.2) is 30.3 Å². The van der Waals surface area contributed by atoms with Crippen LogP contribution in [-0.4, -0.2) is 62.1 Å². The van der Waals surface area contributed by atoms with E-state index < -0.39 is 0 Å². The van der Waals surface area contributed by atoms with Crippen LogP contribution in [0.4, 0.5) is 4.39 Å². The molecular formula is C24H26FN3O3. The van der Waals surface area contributed by atoms with E-state index in [-0.39, 0.29) is 17.3 Å². The second-order valence-electron chi connectivity index (χ2n) is 8.01. The summed E-state index contributed by atoms with van der Waals surface area (Å²) in [6, 6.07) is 10.8. The molecule has 0 N–H and O–H groups in total. The van der Waals surface area contributed by atoms with Gasteiger partial charge in [-0.3, -0.25) is 0 Å². The Bertz CT molecular complexity index is 1010. The first-order valence-corrected chi connectivity index (χ1v) is 10.6. The number of piperazine rings is 1. The third-order valence-electron chi connectivity index (χ3n) is 6.12. The number of hydrogen-bond acceptors (Lipinski definition) is 6. The summed E-state index contributed by atoms with van der Waals surface area (Å²) in [5, 5.41) is 9.06. The van der Waals surface area contributed by atoms with Gasteiger partial charge in [-0.2, -0.15) is 5.26 Å². The van der Waals surface area contributed by atoms with Crippen molar-refractivity contribution >= 4 is 5.97 Å². The van der Waals surface area contributed by atoms with Gasteiger partial charge in [-0.05, 0) is 42.2 Å². The summed E-state index contributed by atoms with van der Waals surface area (Å²) in [6.07, 6.45) is 1.53. The molecule has 162 valence electrons. The number of esters is 1. The van der Waals surface area contributed by atoms with Gasteiger partial charge in [-0.1, -0.05) is 12.1 Å². The SMILES string of the molecule is COc1cc(CCN2CCN(CCc3ccc4c(c3)COC4=O)CC2)c(F)cc1C#N. The van der Waals surface area contributed by atoms with Crippen LogP contribution in [0.1, 0.15) is 32.6 Å². The van der Waals surface area contributed by atoms with Crippen LogP contribution < -0.4 is 4.74 Å². The Balaban J connectivity index is 1.23. The smallest absolute Gasteiger partial charge is 0.338 e. The second-order valence-corrected chi connectivity index (χ2v) is 8.01. The molecule has 0 aromatic heterocycles. The van der Waals surface area contributed by atoms with E-state index in [1.54, 1.807) is 6.07 Å². The zero-order valence-electron chi connectivity index (χ0n) is 17.7. The van der Waals surface area contributed by atoms with Gasteiger partial charge >= 0.3 is 5.97 Å². The van der Waals surface area contributed by atoms with E-state index in [4.69, 9.17) is 14.7 Å². The van der Waals surface area contributed by atoms with Gasteiger partial charge in [0.25, 0.3) is 0 Å². The summed E-state index contributed by atoms with van der Waals surface area (Å²) in [5.41, 5.74) is 3.70. The molecule has 2 heterocycles. The first kappa shape index (κ1) is 21.3. The Morgan fingerprint density at radius 3 is 2.48 bits per heavy atom. The van der Waals surface area contributed by atoms with Gasteiger partial charge in [-0.25, -0.2) is 9.18 Å². The lowest BCUT2D eigenvalue weighted by atomic mass is 10.0. The van der Waals surface area contributed by atoms with Crippen molar-refractivity contribution in [2.75, 3.05) is 46.4 Å². The quantitative estimate of drug-likeness (QED) is 0.638. The lowest BCUT2D eigenvalue weighted by Crippen LogP contribution is -2.47. The number of ether oxygens (including phenoxy) is 2. The lowest BCUT2D eigenvalue weighted by Gasteiger charge is -2.34. The number of carbonyl (C=O) groups excluding carboxylic acids is 1. The molecule has 0 bridgehead atoms.